The number of hydrogen-bond donors (Lipinski definition) is 1. The van der Waals surface area contributed by atoms with Gasteiger partial charge in [-0.25, -0.2) is 4.98 Å². The van der Waals surface area contributed by atoms with Gasteiger partial charge in [0.15, 0.2) is 0 Å². The first kappa shape index (κ1) is 8.26. The van der Waals surface area contributed by atoms with E-state index < -0.39 is 0 Å². The number of nitrogens with two attached hydrogens (primary N) is 1. The summed E-state index contributed by atoms with van der Waals surface area (Å²) in [6.07, 6.45) is 3.92. The van der Waals surface area contributed by atoms with Crippen LogP contribution in [0.25, 0.3) is 11.0 Å². The Morgan fingerprint density at radius 1 is 1.54 bits per heavy atom. The summed E-state index contributed by atoms with van der Waals surface area (Å²) < 4.78 is 2.01. The predicted molar refractivity (Wildman–Crippen MR) is 53.3 cm³/mol. The van der Waals surface area contributed by atoms with Crippen LogP contribution in [0.15, 0.2) is 18.5 Å². The summed E-state index contributed by atoms with van der Waals surface area (Å²) in [5.41, 5.74) is 8.98. The van der Waals surface area contributed by atoms with Crippen LogP contribution < -0.4 is 5.73 Å². The molecule has 0 fully saturated rings. The molecule has 0 unspecified atom stereocenters. The molecule has 0 radical (unpaired) electrons. The van der Waals surface area contributed by atoms with E-state index in [2.05, 4.69) is 11.1 Å². The van der Waals surface area contributed by atoms with Crippen molar-refractivity contribution in [2.24, 2.45) is 12.8 Å². The van der Waals surface area contributed by atoms with E-state index in [4.69, 9.17) is 5.73 Å². The maximum Gasteiger partial charge on any atom is 0.139 e. The fourth-order valence-electron chi connectivity index (χ4n) is 1.61. The molecule has 0 amide bonds. The summed E-state index contributed by atoms with van der Waals surface area (Å²) in [5.74, 6) is 0. The van der Waals surface area contributed by atoms with E-state index in [1.165, 1.54) is 10.9 Å². The Morgan fingerprint density at radius 2 is 2.31 bits per heavy atom. The highest BCUT2D eigenvalue weighted by molar-refractivity contribution is 5.80. The largest absolute Gasteiger partial charge is 0.335 e. The Hall–Kier alpha value is -1.35. The monoisotopic (exact) mass is 175 g/mol. The zero-order valence-electron chi connectivity index (χ0n) is 7.91. The molecule has 0 spiro atoms. The van der Waals surface area contributed by atoms with Crippen LogP contribution >= 0.6 is 0 Å². The van der Waals surface area contributed by atoms with Crippen molar-refractivity contribution < 1.29 is 0 Å². The Bertz CT molecular complexity index is 443. The molecule has 2 N–H and O–H groups in total. The summed E-state index contributed by atoms with van der Waals surface area (Å²) in [7, 11) is 1.99. The van der Waals surface area contributed by atoms with Crippen LogP contribution in [0.2, 0.25) is 0 Å². The molecule has 2 heterocycles. The number of aryl methyl sites for hydroxylation is 2. The first-order valence-corrected chi connectivity index (χ1v) is 4.33. The molecule has 3 nitrogen and oxygen atoms in total. The molecule has 13 heavy (non-hydrogen) atoms. The molecular formula is C10H13N3. The van der Waals surface area contributed by atoms with Crippen LogP contribution in [0.3, 0.4) is 0 Å². The maximum atomic E-state index is 5.64. The first-order valence-electron chi connectivity index (χ1n) is 4.33. The van der Waals surface area contributed by atoms with E-state index in [0.29, 0.717) is 6.54 Å². The number of hydrogen-bond acceptors (Lipinski definition) is 2. The van der Waals surface area contributed by atoms with Crippen LogP contribution in [0, 0.1) is 6.92 Å². The maximum absolute atomic E-state index is 5.64. The predicted octanol–water partition coefficient (Wildman–Crippen LogP) is 1.34. The van der Waals surface area contributed by atoms with Gasteiger partial charge in [0.25, 0.3) is 0 Å². The van der Waals surface area contributed by atoms with Crippen LogP contribution in [-0.2, 0) is 13.6 Å². The zero-order chi connectivity index (χ0) is 9.42. The lowest BCUT2D eigenvalue weighted by Gasteiger charge is -1.96. The number of fused-ring (bicyclic) bond motifs is 1. The molecule has 0 saturated carbocycles. The standard InChI is InChI=1S/C10H13N3/c1-7-3-9-8(4-11)6-13(2)10(9)12-5-7/h3,5-6H,4,11H2,1-2H3. The Balaban J connectivity index is 2.81. The SMILES string of the molecule is Cc1cnc2c(c1)c(CN)cn2C. The summed E-state index contributed by atoms with van der Waals surface area (Å²) in [6.45, 7) is 2.61. The lowest BCUT2D eigenvalue weighted by molar-refractivity contribution is 0.932. The molecule has 2 rings (SSSR count). The Labute approximate surface area is 77.2 Å². The summed E-state index contributed by atoms with van der Waals surface area (Å²) in [5, 5.41) is 1.17. The van der Waals surface area contributed by atoms with Crippen molar-refractivity contribution in [2.75, 3.05) is 0 Å². The molecule has 3 heteroatoms. The van der Waals surface area contributed by atoms with Gasteiger partial charge in [0.1, 0.15) is 5.65 Å². The van der Waals surface area contributed by atoms with Gasteiger partial charge in [0, 0.05) is 31.4 Å². The van der Waals surface area contributed by atoms with Gasteiger partial charge in [-0.15, -0.1) is 0 Å². The smallest absolute Gasteiger partial charge is 0.139 e. The van der Waals surface area contributed by atoms with Gasteiger partial charge in [0.05, 0.1) is 0 Å². The van der Waals surface area contributed by atoms with E-state index in [9.17, 15) is 0 Å². The zero-order valence-corrected chi connectivity index (χ0v) is 7.91. The molecule has 0 saturated heterocycles. The quantitative estimate of drug-likeness (QED) is 0.710. The second-order valence-electron chi connectivity index (χ2n) is 3.35. The highest BCUT2D eigenvalue weighted by atomic mass is 15.0. The lowest BCUT2D eigenvalue weighted by atomic mass is 10.2. The molecule has 2 aromatic heterocycles. The van der Waals surface area contributed by atoms with E-state index >= 15 is 0 Å². The molecule has 0 aromatic carbocycles. The molecular weight excluding hydrogens is 162 g/mol. The van der Waals surface area contributed by atoms with E-state index in [1.807, 2.05) is 30.9 Å². The molecule has 0 aliphatic heterocycles. The minimum absolute atomic E-state index is 0.572. The van der Waals surface area contributed by atoms with Crippen LogP contribution in [0.5, 0.6) is 0 Å². The molecule has 0 aliphatic carbocycles. The molecule has 0 atom stereocenters. The van der Waals surface area contributed by atoms with Gasteiger partial charge < -0.3 is 10.3 Å². The summed E-state index contributed by atoms with van der Waals surface area (Å²) >= 11 is 0. The third kappa shape index (κ3) is 1.21. The Kier molecular flexibility index (Phi) is 1.81. The van der Waals surface area contributed by atoms with Gasteiger partial charge in [-0.05, 0) is 24.1 Å². The van der Waals surface area contributed by atoms with Crippen molar-refractivity contribution in [3.63, 3.8) is 0 Å². The number of aromatic nitrogens is 2. The lowest BCUT2D eigenvalue weighted by Crippen LogP contribution is -1.94. The average molecular weight is 175 g/mol. The number of rotatable bonds is 1. The molecule has 68 valence electrons. The molecule has 0 bridgehead atoms. The van der Waals surface area contributed by atoms with Crippen molar-refractivity contribution in [3.8, 4) is 0 Å². The second kappa shape index (κ2) is 2.85. The van der Waals surface area contributed by atoms with Gasteiger partial charge >= 0.3 is 0 Å². The number of pyridine rings is 1. The first-order chi connectivity index (χ1) is 6.22. The van der Waals surface area contributed by atoms with Gasteiger partial charge in [0.2, 0.25) is 0 Å². The van der Waals surface area contributed by atoms with Crippen LogP contribution in [-0.4, -0.2) is 9.55 Å². The third-order valence-electron chi connectivity index (χ3n) is 2.25. The normalized spacial score (nSPS) is 11.0. The topological polar surface area (TPSA) is 43.8 Å². The van der Waals surface area contributed by atoms with Crippen molar-refractivity contribution in [2.45, 2.75) is 13.5 Å². The van der Waals surface area contributed by atoms with Crippen molar-refractivity contribution >= 4 is 11.0 Å². The molecule has 0 aliphatic rings. The van der Waals surface area contributed by atoms with E-state index in [0.717, 1.165) is 11.2 Å². The second-order valence-corrected chi connectivity index (χ2v) is 3.35. The Morgan fingerprint density at radius 3 is 3.00 bits per heavy atom. The van der Waals surface area contributed by atoms with Gasteiger partial charge in [-0.3, -0.25) is 0 Å². The van der Waals surface area contributed by atoms with Gasteiger partial charge in [-0.2, -0.15) is 0 Å². The fraction of sp³-hybridized carbons (Fsp3) is 0.300. The molecule has 2 aromatic rings. The minimum atomic E-state index is 0.572. The van der Waals surface area contributed by atoms with E-state index in [-0.39, 0.29) is 0 Å². The van der Waals surface area contributed by atoms with E-state index in [1.54, 1.807) is 0 Å². The van der Waals surface area contributed by atoms with Crippen molar-refractivity contribution in [3.05, 3.63) is 29.6 Å². The average Bonchev–Trinajstić information content (AvgIpc) is 2.42. The van der Waals surface area contributed by atoms with Crippen LogP contribution in [0.1, 0.15) is 11.1 Å². The third-order valence-corrected chi connectivity index (χ3v) is 2.25. The van der Waals surface area contributed by atoms with Crippen LogP contribution in [0.4, 0.5) is 0 Å². The minimum Gasteiger partial charge on any atom is -0.335 e. The van der Waals surface area contributed by atoms with Crippen molar-refractivity contribution in [1.29, 1.82) is 0 Å². The van der Waals surface area contributed by atoms with Gasteiger partial charge in [-0.1, -0.05) is 0 Å². The fourth-order valence-corrected chi connectivity index (χ4v) is 1.61. The highest BCUT2D eigenvalue weighted by Gasteiger charge is 2.05. The summed E-state index contributed by atoms with van der Waals surface area (Å²) in [6, 6.07) is 2.13. The van der Waals surface area contributed by atoms with Crippen molar-refractivity contribution in [1.82, 2.24) is 9.55 Å². The summed E-state index contributed by atoms with van der Waals surface area (Å²) in [4.78, 5) is 4.36. The highest BCUT2D eigenvalue weighted by Crippen LogP contribution is 2.18. The number of nitrogens with zero attached hydrogens (tertiary/aromatic N) is 2.